The quantitative estimate of drug-likeness (QED) is 0.694. The second-order valence-corrected chi connectivity index (χ2v) is 9.72. The number of carbonyl (C=O) groups excluding carboxylic acids is 1. The first-order valence-electron chi connectivity index (χ1n) is 10.2. The zero-order chi connectivity index (χ0) is 20.3. The second-order valence-electron chi connectivity index (χ2n) is 7.78. The van der Waals surface area contributed by atoms with Crippen molar-refractivity contribution in [3.05, 3.63) is 42.5 Å². The van der Waals surface area contributed by atoms with Gasteiger partial charge < -0.3 is 15.0 Å². The number of benzene rings is 2. The molecular formula is C21H28N3O4S+. The monoisotopic (exact) mass is 418 g/mol. The molecule has 0 radical (unpaired) electrons. The Morgan fingerprint density at radius 2 is 1.90 bits per heavy atom. The molecule has 2 fully saturated rings. The smallest absolute Gasteiger partial charge is 0.275 e. The van der Waals surface area contributed by atoms with Crippen LogP contribution in [0.4, 0.5) is 0 Å². The highest BCUT2D eigenvalue weighted by Crippen LogP contribution is 2.21. The molecule has 0 bridgehead atoms. The van der Waals surface area contributed by atoms with Crippen LogP contribution >= 0.6 is 0 Å². The first-order chi connectivity index (χ1) is 14.0. The molecule has 4 rings (SSSR count). The van der Waals surface area contributed by atoms with E-state index in [1.54, 1.807) is 12.1 Å². The van der Waals surface area contributed by atoms with Crippen LogP contribution in [0.15, 0.2) is 47.4 Å². The number of sulfonamides is 1. The van der Waals surface area contributed by atoms with Crippen LogP contribution < -0.4 is 10.2 Å². The molecule has 0 spiro atoms. The zero-order valence-corrected chi connectivity index (χ0v) is 17.3. The summed E-state index contributed by atoms with van der Waals surface area (Å²) in [7, 11) is -3.52. The normalized spacial score (nSPS) is 21.4. The van der Waals surface area contributed by atoms with Gasteiger partial charge in [0.05, 0.1) is 37.2 Å². The van der Waals surface area contributed by atoms with Crippen LogP contribution in [0.2, 0.25) is 0 Å². The fourth-order valence-electron chi connectivity index (χ4n) is 4.02. The molecule has 1 atom stereocenters. The van der Waals surface area contributed by atoms with E-state index in [1.165, 1.54) is 4.31 Å². The number of hydrogen-bond acceptors (Lipinski definition) is 4. The Labute approximate surface area is 171 Å². The van der Waals surface area contributed by atoms with Gasteiger partial charge in [-0.3, -0.25) is 4.79 Å². The molecule has 2 aromatic carbocycles. The van der Waals surface area contributed by atoms with Crippen LogP contribution in [0.25, 0.3) is 10.8 Å². The van der Waals surface area contributed by atoms with Crippen molar-refractivity contribution in [2.24, 2.45) is 0 Å². The van der Waals surface area contributed by atoms with Crippen molar-refractivity contribution < 1.29 is 22.8 Å². The number of fused-ring (bicyclic) bond motifs is 1. The summed E-state index contributed by atoms with van der Waals surface area (Å²) in [4.78, 5) is 13.6. The Kier molecular flexibility index (Phi) is 6.15. The summed E-state index contributed by atoms with van der Waals surface area (Å²) in [6.45, 7) is 3.80. The summed E-state index contributed by atoms with van der Waals surface area (Å²) in [5, 5.41) is 4.88. The predicted molar refractivity (Wildman–Crippen MR) is 110 cm³/mol. The van der Waals surface area contributed by atoms with Gasteiger partial charge in [-0.15, -0.1) is 0 Å². The molecule has 29 heavy (non-hydrogen) atoms. The van der Waals surface area contributed by atoms with Crippen LogP contribution in [0, 0.1) is 0 Å². The van der Waals surface area contributed by atoms with Crippen molar-refractivity contribution >= 4 is 26.7 Å². The van der Waals surface area contributed by atoms with Crippen molar-refractivity contribution in [2.75, 3.05) is 45.9 Å². The van der Waals surface area contributed by atoms with E-state index in [-0.39, 0.29) is 12.0 Å². The van der Waals surface area contributed by atoms with Gasteiger partial charge in [0.25, 0.3) is 5.91 Å². The van der Waals surface area contributed by atoms with Crippen LogP contribution in [-0.2, 0) is 19.6 Å². The first kappa shape index (κ1) is 20.3. The van der Waals surface area contributed by atoms with Gasteiger partial charge in [-0.2, -0.15) is 4.31 Å². The number of piperazine rings is 1. The van der Waals surface area contributed by atoms with Crippen LogP contribution in [0.3, 0.4) is 0 Å². The minimum Gasteiger partial charge on any atom is -0.376 e. The van der Waals surface area contributed by atoms with E-state index in [2.05, 4.69) is 5.32 Å². The van der Waals surface area contributed by atoms with Crippen LogP contribution in [0.5, 0.6) is 0 Å². The molecule has 0 unspecified atom stereocenters. The maximum absolute atomic E-state index is 13.0. The maximum atomic E-state index is 13.0. The minimum atomic E-state index is -3.52. The van der Waals surface area contributed by atoms with E-state index in [9.17, 15) is 13.2 Å². The van der Waals surface area contributed by atoms with Crippen molar-refractivity contribution in [1.29, 1.82) is 0 Å². The van der Waals surface area contributed by atoms with E-state index in [0.717, 1.165) is 35.1 Å². The molecule has 156 valence electrons. The van der Waals surface area contributed by atoms with Crippen molar-refractivity contribution in [3.63, 3.8) is 0 Å². The van der Waals surface area contributed by atoms with Gasteiger partial charge in [-0.25, -0.2) is 8.42 Å². The van der Waals surface area contributed by atoms with Crippen molar-refractivity contribution in [2.45, 2.75) is 23.8 Å². The lowest BCUT2D eigenvalue weighted by Gasteiger charge is -2.31. The Hall–Kier alpha value is -2.00. The minimum absolute atomic E-state index is 0.00124. The summed E-state index contributed by atoms with van der Waals surface area (Å²) < 4.78 is 33.1. The highest BCUT2D eigenvalue weighted by Gasteiger charge is 2.31. The summed E-state index contributed by atoms with van der Waals surface area (Å²) in [5.41, 5.74) is 0. The van der Waals surface area contributed by atoms with E-state index >= 15 is 0 Å². The Morgan fingerprint density at radius 1 is 1.14 bits per heavy atom. The molecule has 0 saturated carbocycles. The third-order valence-corrected chi connectivity index (χ3v) is 7.64. The lowest BCUT2D eigenvalue weighted by molar-refractivity contribution is -0.895. The number of amides is 1. The third-order valence-electron chi connectivity index (χ3n) is 5.75. The van der Waals surface area contributed by atoms with Gasteiger partial charge in [0.1, 0.15) is 0 Å². The topological polar surface area (TPSA) is 80.2 Å². The summed E-state index contributed by atoms with van der Waals surface area (Å²) in [6, 6.07) is 13.0. The Morgan fingerprint density at radius 3 is 2.62 bits per heavy atom. The third kappa shape index (κ3) is 4.78. The van der Waals surface area contributed by atoms with Crippen molar-refractivity contribution in [1.82, 2.24) is 9.62 Å². The van der Waals surface area contributed by atoms with E-state index in [0.29, 0.717) is 44.2 Å². The van der Waals surface area contributed by atoms with Gasteiger partial charge in [-0.1, -0.05) is 30.3 Å². The Bertz CT molecular complexity index is 965. The van der Waals surface area contributed by atoms with E-state index in [1.807, 2.05) is 30.3 Å². The van der Waals surface area contributed by atoms with Gasteiger partial charge in [0.2, 0.25) is 10.0 Å². The number of carbonyl (C=O) groups is 1. The lowest BCUT2D eigenvalue weighted by atomic mass is 10.1. The van der Waals surface area contributed by atoms with Crippen LogP contribution in [-0.4, -0.2) is 70.6 Å². The molecule has 0 aliphatic carbocycles. The fourth-order valence-corrected chi connectivity index (χ4v) is 5.50. The first-order valence-corrected chi connectivity index (χ1v) is 11.7. The highest BCUT2D eigenvalue weighted by atomic mass is 32.2. The summed E-state index contributed by atoms with van der Waals surface area (Å²) >= 11 is 0. The standard InChI is InChI=1S/C21H27N3O4S/c25-21(22-15-19-6-3-13-28-19)16-23-9-11-24(12-10-23)29(26,27)20-8-7-17-4-1-2-5-18(17)14-20/h1-2,4-5,7-8,14,19H,3,6,9-13,15-16H2,(H,22,25)/p+1/t19-/m0/s1. The molecule has 2 saturated heterocycles. The van der Waals surface area contributed by atoms with E-state index < -0.39 is 10.0 Å². The summed E-state index contributed by atoms with van der Waals surface area (Å²) in [5.74, 6) is 0.00124. The fraction of sp³-hybridized carbons (Fsp3) is 0.476. The van der Waals surface area contributed by atoms with Crippen molar-refractivity contribution in [3.8, 4) is 0 Å². The molecule has 1 amide bonds. The molecular weight excluding hydrogens is 390 g/mol. The van der Waals surface area contributed by atoms with Crippen LogP contribution in [0.1, 0.15) is 12.8 Å². The molecule has 2 aromatic rings. The van der Waals surface area contributed by atoms with Gasteiger partial charge in [-0.05, 0) is 35.7 Å². The van der Waals surface area contributed by atoms with Gasteiger partial charge in [0, 0.05) is 13.2 Å². The SMILES string of the molecule is O=C(C[NH+]1CCN(S(=O)(=O)c2ccc3ccccc3c2)CC1)NC[C@@H]1CCCO1. The number of hydrogen-bond donors (Lipinski definition) is 2. The molecule has 2 N–H and O–H groups in total. The molecule has 7 nitrogen and oxygen atoms in total. The molecule has 8 heteroatoms. The molecule has 2 aliphatic heterocycles. The second kappa shape index (κ2) is 8.79. The van der Waals surface area contributed by atoms with Gasteiger partial charge >= 0.3 is 0 Å². The highest BCUT2D eigenvalue weighted by molar-refractivity contribution is 7.89. The summed E-state index contributed by atoms with van der Waals surface area (Å²) in [6.07, 6.45) is 2.19. The number of quaternary nitrogens is 1. The number of rotatable bonds is 6. The average Bonchev–Trinajstić information content (AvgIpc) is 3.26. The van der Waals surface area contributed by atoms with Gasteiger partial charge in [0.15, 0.2) is 6.54 Å². The maximum Gasteiger partial charge on any atom is 0.275 e. The number of nitrogens with zero attached hydrogens (tertiary/aromatic N) is 1. The average molecular weight is 419 g/mol. The number of nitrogens with one attached hydrogen (secondary N) is 2. The largest absolute Gasteiger partial charge is 0.376 e. The molecule has 0 aromatic heterocycles. The molecule has 2 aliphatic rings. The predicted octanol–water partition coefficient (Wildman–Crippen LogP) is 0.0242. The lowest BCUT2D eigenvalue weighted by Crippen LogP contribution is -3.15. The van der Waals surface area contributed by atoms with E-state index in [4.69, 9.17) is 4.74 Å². The molecule has 2 heterocycles. The Balaban J connectivity index is 1.31. The zero-order valence-electron chi connectivity index (χ0n) is 16.5. The number of ether oxygens (including phenoxy) is 1.